The number of rotatable bonds is 0. The first-order valence-electron chi connectivity index (χ1n) is 8.54. The first kappa shape index (κ1) is 13.9. The number of nitrogens with zero attached hydrogens (tertiary/aromatic N) is 2. The number of hydrogen-bond acceptors (Lipinski definition) is 2. The molecule has 4 rings (SSSR count). The average molecular weight is 294 g/mol. The van der Waals surface area contributed by atoms with E-state index in [9.17, 15) is 0 Å². The van der Waals surface area contributed by atoms with Crippen molar-refractivity contribution >= 4 is 22.1 Å². The smallest absolute Gasteiger partial charge is 0.112 e. The number of hydrogen-bond donors (Lipinski definition) is 0. The van der Waals surface area contributed by atoms with E-state index in [1.54, 1.807) is 0 Å². The summed E-state index contributed by atoms with van der Waals surface area (Å²) in [6.07, 6.45) is 5.16. The minimum atomic E-state index is 0.156. The molecular formula is C20H26N2. The summed E-state index contributed by atoms with van der Waals surface area (Å²) in [5.41, 5.74) is 4.34. The van der Waals surface area contributed by atoms with Crippen molar-refractivity contribution in [3.05, 3.63) is 35.9 Å². The van der Waals surface area contributed by atoms with Gasteiger partial charge in [0.05, 0.1) is 0 Å². The predicted molar refractivity (Wildman–Crippen MR) is 95.9 cm³/mol. The highest BCUT2D eigenvalue weighted by Crippen LogP contribution is 2.50. The molecule has 0 amide bonds. The fourth-order valence-corrected chi connectivity index (χ4v) is 4.64. The van der Waals surface area contributed by atoms with E-state index in [-0.39, 0.29) is 5.66 Å². The highest BCUT2D eigenvalue weighted by atomic mass is 15.4. The molecule has 0 unspecified atom stereocenters. The van der Waals surface area contributed by atoms with Gasteiger partial charge >= 0.3 is 0 Å². The predicted octanol–water partition coefficient (Wildman–Crippen LogP) is 4.94. The van der Waals surface area contributed by atoms with Crippen LogP contribution in [-0.2, 0) is 0 Å². The molecule has 2 aromatic carbocycles. The summed E-state index contributed by atoms with van der Waals surface area (Å²) in [6, 6.07) is 11.4. The molecule has 1 spiro atoms. The molecule has 1 saturated carbocycles. The van der Waals surface area contributed by atoms with Gasteiger partial charge in [-0.1, -0.05) is 25.1 Å². The van der Waals surface area contributed by atoms with Gasteiger partial charge in [-0.15, -0.1) is 0 Å². The van der Waals surface area contributed by atoms with Crippen molar-refractivity contribution < 1.29 is 0 Å². The second kappa shape index (κ2) is 4.65. The molecule has 1 fully saturated rings. The standard InChI is InChI=1S/C20H26N2/c1-14-10-12-20(13-11-14)21(3)17-7-5-6-16-15(2)8-9-18(19(16)17)22(20)4/h5-9,14H,10-13H2,1-4H3. The topological polar surface area (TPSA) is 6.48 Å². The molecule has 0 N–H and O–H groups in total. The zero-order valence-corrected chi connectivity index (χ0v) is 14.2. The molecular weight excluding hydrogens is 268 g/mol. The molecule has 2 aromatic rings. The van der Waals surface area contributed by atoms with Crippen LogP contribution in [0.25, 0.3) is 10.8 Å². The van der Waals surface area contributed by atoms with Crippen LogP contribution in [0.15, 0.2) is 30.3 Å². The molecule has 116 valence electrons. The molecule has 0 aromatic heterocycles. The van der Waals surface area contributed by atoms with E-state index in [2.05, 4.69) is 68.1 Å². The lowest BCUT2D eigenvalue weighted by atomic mass is 9.79. The van der Waals surface area contributed by atoms with Crippen molar-refractivity contribution in [1.29, 1.82) is 0 Å². The molecule has 2 nitrogen and oxygen atoms in total. The third-order valence-corrected chi connectivity index (χ3v) is 6.26. The zero-order chi connectivity index (χ0) is 15.5. The maximum Gasteiger partial charge on any atom is 0.112 e. The quantitative estimate of drug-likeness (QED) is 0.679. The van der Waals surface area contributed by atoms with Gasteiger partial charge in [0.25, 0.3) is 0 Å². The van der Waals surface area contributed by atoms with Crippen molar-refractivity contribution in [2.24, 2.45) is 5.92 Å². The molecule has 2 aliphatic rings. The van der Waals surface area contributed by atoms with Crippen molar-refractivity contribution in [1.82, 2.24) is 0 Å². The van der Waals surface area contributed by atoms with E-state index in [0.717, 1.165) is 5.92 Å². The number of anilines is 2. The monoisotopic (exact) mass is 294 g/mol. The Balaban J connectivity index is 1.95. The zero-order valence-electron chi connectivity index (χ0n) is 14.2. The van der Waals surface area contributed by atoms with Crippen LogP contribution in [-0.4, -0.2) is 19.8 Å². The van der Waals surface area contributed by atoms with Gasteiger partial charge in [-0.3, -0.25) is 0 Å². The van der Waals surface area contributed by atoms with Gasteiger partial charge in [-0.2, -0.15) is 0 Å². The van der Waals surface area contributed by atoms with E-state index in [4.69, 9.17) is 0 Å². The summed E-state index contributed by atoms with van der Waals surface area (Å²) < 4.78 is 0. The highest BCUT2D eigenvalue weighted by Gasteiger charge is 2.45. The van der Waals surface area contributed by atoms with Crippen molar-refractivity contribution in [3.8, 4) is 0 Å². The summed E-state index contributed by atoms with van der Waals surface area (Å²) in [5, 5.41) is 2.82. The second-order valence-electron chi connectivity index (χ2n) is 7.38. The molecule has 0 saturated heterocycles. The van der Waals surface area contributed by atoms with Crippen LogP contribution in [0.3, 0.4) is 0 Å². The molecule has 22 heavy (non-hydrogen) atoms. The van der Waals surface area contributed by atoms with Gasteiger partial charge in [0, 0.05) is 30.9 Å². The van der Waals surface area contributed by atoms with Crippen molar-refractivity contribution in [2.45, 2.75) is 45.2 Å². The van der Waals surface area contributed by atoms with Gasteiger partial charge < -0.3 is 9.80 Å². The molecule has 0 radical (unpaired) electrons. The van der Waals surface area contributed by atoms with E-state index in [1.165, 1.54) is 53.4 Å². The second-order valence-corrected chi connectivity index (χ2v) is 7.38. The summed E-state index contributed by atoms with van der Waals surface area (Å²) in [7, 11) is 4.60. The highest BCUT2D eigenvalue weighted by molar-refractivity contribution is 6.07. The Morgan fingerprint density at radius 2 is 1.59 bits per heavy atom. The minimum absolute atomic E-state index is 0.156. The van der Waals surface area contributed by atoms with Crippen molar-refractivity contribution in [3.63, 3.8) is 0 Å². The summed E-state index contributed by atoms with van der Waals surface area (Å²) in [4.78, 5) is 5.13. The van der Waals surface area contributed by atoms with Crippen LogP contribution in [0.5, 0.6) is 0 Å². The lowest BCUT2D eigenvalue weighted by Crippen LogP contribution is -2.62. The average Bonchev–Trinajstić information content (AvgIpc) is 2.54. The fourth-order valence-electron chi connectivity index (χ4n) is 4.64. The lowest BCUT2D eigenvalue weighted by Gasteiger charge is -2.56. The molecule has 1 aliphatic heterocycles. The van der Waals surface area contributed by atoms with Crippen LogP contribution in [0.4, 0.5) is 11.4 Å². The molecule has 1 heterocycles. The fraction of sp³-hybridized carbons (Fsp3) is 0.500. The van der Waals surface area contributed by atoms with Gasteiger partial charge in [-0.05, 0) is 61.6 Å². The van der Waals surface area contributed by atoms with E-state index in [1.807, 2.05) is 0 Å². The molecule has 0 bridgehead atoms. The maximum atomic E-state index is 2.56. The molecule has 0 atom stereocenters. The van der Waals surface area contributed by atoms with Crippen molar-refractivity contribution in [2.75, 3.05) is 23.9 Å². The Labute approximate surface area is 133 Å². The maximum absolute atomic E-state index is 2.56. The normalized spacial score (nSPS) is 27.7. The Kier molecular flexibility index (Phi) is 2.94. The van der Waals surface area contributed by atoms with E-state index in [0.29, 0.717) is 0 Å². The summed E-state index contributed by atoms with van der Waals surface area (Å²) >= 11 is 0. The van der Waals surface area contributed by atoms with Crippen LogP contribution < -0.4 is 9.80 Å². The largest absolute Gasteiger partial charge is 0.351 e. The third-order valence-electron chi connectivity index (χ3n) is 6.26. The SMILES string of the molecule is Cc1ccc2c3c(cccc13)N(C)C1(CCC(C)CC1)N2C. The third kappa shape index (κ3) is 1.67. The first-order chi connectivity index (χ1) is 10.5. The van der Waals surface area contributed by atoms with Crippen LogP contribution in [0.2, 0.25) is 0 Å². The Hall–Kier alpha value is -1.70. The Morgan fingerprint density at radius 1 is 0.955 bits per heavy atom. The van der Waals surface area contributed by atoms with Gasteiger partial charge in [0.15, 0.2) is 0 Å². The molecule has 1 aliphatic carbocycles. The Morgan fingerprint density at radius 3 is 2.27 bits per heavy atom. The van der Waals surface area contributed by atoms with Crippen LogP contribution >= 0.6 is 0 Å². The van der Waals surface area contributed by atoms with Gasteiger partial charge in [-0.25, -0.2) is 0 Å². The minimum Gasteiger partial charge on any atom is -0.351 e. The molecule has 2 heteroatoms. The first-order valence-corrected chi connectivity index (χ1v) is 8.54. The summed E-state index contributed by atoms with van der Waals surface area (Å²) in [6.45, 7) is 4.61. The van der Waals surface area contributed by atoms with Crippen LogP contribution in [0, 0.1) is 12.8 Å². The number of aryl methyl sites for hydroxylation is 1. The number of benzene rings is 2. The van der Waals surface area contributed by atoms with Gasteiger partial charge in [0.1, 0.15) is 5.66 Å². The van der Waals surface area contributed by atoms with E-state index < -0.39 is 0 Å². The lowest BCUT2D eigenvalue weighted by molar-refractivity contribution is 0.233. The van der Waals surface area contributed by atoms with Crippen LogP contribution in [0.1, 0.15) is 38.2 Å². The van der Waals surface area contributed by atoms with Gasteiger partial charge in [0.2, 0.25) is 0 Å². The Bertz CT molecular complexity index is 708. The van der Waals surface area contributed by atoms with E-state index >= 15 is 0 Å². The summed E-state index contributed by atoms with van der Waals surface area (Å²) in [5.74, 6) is 0.864.